The summed E-state index contributed by atoms with van der Waals surface area (Å²) in [7, 11) is 0. The summed E-state index contributed by atoms with van der Waals surface area (Å²) in [6.45, 7) is 14.8. The van der Waals surface area contributed by atoms with E-state index >= 15 is 0 Å². The number of carboxylic acids is 1. The highest BCUT2D eigenvalue weighted by Crippen LogP contribution is 2.76. The van der Waals surface area contributed by atoms with Gasteiger partial charge >= 0.3 is 5.97 Å². The summed E-state index contributed by atoms with van der Waals surface area (Å²) in [6.07, 6.45) is 6.65. The number of hydrogen-bond donors (Lipinski definition) is 2. The molecule has 2 heterocycles. The first-order valence-corrected chi connectivity index (χ1v) is 11.6. The number of rotatable bonds is 2. The van der Waals surface area contributed by atoms with Crippen LogP contribution in [0.4, 0.5) is 0 Å². The molecule has 5 nitrogen and oxygen atoms in total. The molecule has 0 radical (unpaired) electrons. The molecule has 0 bridgehead atoms. The van der Waals surface area contributed by atoms with Crippen molar-refractivity contribution in [1.82, 2.24) is 0 Å². The van der Waals surface area contributed by atoms with E-state index in [0.717, 1.165) is 38.5 Å². The Hall–Kier alpha value is -0.650. The summed E-state index contributed by atoms with van der Waals surface area (Å²) in [4.78, 5) is 12.1. The topological polar surface area (TPSA) is 88.4 Å². The molecular weight excluding hydrogens is 366 g/mol. The number of nitrogens with two attached hydrogens (primary N) is 1. The lowest BCUT2D eigenvalue weighted by Crippen LogP contribution is -2.60. The Morgan fingerprint density at radius 3 is 2.28 bits per heavy atom. The number of carbonyl (C=O) groups is 1. The van der Waals surface area contributed by atoms with E-state index in [1.54, 1.807) is 0 Å². The maximum Gasteiger partial charge on any atom is 0.309 e. The SMILES string of the molecule is CC(C)(C)N.CC(C)C12OC1CC1C3(C)CCCC(C)(C(=O)O)C3CCC13OC32. The summed E-state index contributed by atoms with van der Waals surface area (Å²) in [5.74, 6) is 0.626. The highest BCUT2D eigenvalue weighted by Gasteiger charge is 2.85. The van der Waals surface area contributed by atoms with Gasteiger partial charge in [-0.1, -0.05) is 27.2 Å². The van der Waals surface area contributed by atoms with Crippen LogP contribution in [0, 0.1) is 28.6 Å². The minimum Gasteiger partial charge on any atom is -0.481 e. The van der Waals surface area contributed by atoms with Gasteiger partial charge in [-0.3, -0.25) is 4.79 Å². The maximum atomic E-state index is 12.1. The molecule has 5 heteroatoms. The fourth-order valence-electron chi connectivity index (χ4n) is 7.62. The van der Waals surface area contributed by atoms with Crippen molar-refractivity contribution in [1.29, 1.82) is 0 Å². The average Bonchev–Trinajstić information content (AvgIpc) is 3.43. The van der Waals surface area contributed by atoms with Crippen molar-refractivity contribution in [3.63, 3.8) is 0 Å². The molecule has 8 atom stereocenters. The number of epoxide rings is 2. The zero-order valence-electron chi connectivity index (χ0n) is 19.4. The number of hydrogen-bond acceptors (Lipinski definition) is 4. The van der Waals surface area contributed by atoms with Gasteiger partial charge in [0, 0.05) is 5.54 Å². The molecule has 3 aliphatic carbocycles. The molecule has 5 aliphatic rings. The third-order valence-electron chi connectivity index (χ3n) is 8.95. The van der Waals surface area contributed by atoms with Crippen LogP contribution < -0.4 is 5.73 Å². The second-order valence-corrected chi connectivity index (χ2v) is 12.4. The molecule has 1 spiro atoms. The monoisotopic (exact) mass is 407 g/mol. The standard InChI is InChI=1S/C20H30O4.C4H11N/c1-11(2)20-14(23-20)10-13-17(3)7-5-8-18(4,16(21)22)12(17)6-9-19(13)15(20)24-19;1-4(2,3)5/h11-15H,5-10H2,1-4H3,(H,21,22);5H2,1-3H3. The van der Waals surface area contributed by atoms with Gasteiger partial charge in [-0.05, 0) is 83.0 Å². The third kappa shape index (κ3) is 2.94. The summed E-state index contributed by atoms with van der Waals surface area (Å²) in [5, 5.41) is 9.94. The Bertz CT molecular complexity index is 695. The first kappa shape index (κ1) is 21.6. The van der Waals surface area contributed by atoms with Gasteiger partial charge in [-0.2, -0.15) is 0 Å². The molecule has 166 valence electrons. The molecule has 0 aromatic rings. The van der Waals surface area contributed by atoms with Crippen molar-refractivity contribution in [2.45, 2.75) is 116 Å². The number of aliphatic carboxylic acids is 1. The lowest BCUT2D eigenvalue weighted by Gasteiger charge is -2.59. The third-order valence-corrected chi connectivity index (χ3v) is 8.95. The molecule has 0 aromatic heterocycles. The van der Waals surface area contributed by atoms with Gasteiger partial charge in [0.25, 0.3) is 0 Å². The van der Waals surface area contributed by atoms with Gasteiger partial charge < -0.3 is 20.3 Å². The van der Waals surface area contributed by atoms with E-state index < -0.39 is 11.4 Å². The van der Waals surface area contributed by atoms with Crippen LogP contribution >= 0.6 is 0 Å². The minimum absolute atomic E-state index is 0. The van der Waals surface area contributed by atoms with E-state index in [9.17, 15) is 9.90 Å². The van der Waals surface area contributed by atoms with Crippen molar-refractivity contribution >= 4 is 5.97 Å². The van der Waals surface area contributed by atoms with Crippen LogP contribution in [-0.4, -0.2) is 40.0 Å². The van der Waals surface area contributed by atoms with Crippen LogP contribution in [-0.2, 0) is 14.3 Å². The fraction of sp³-hybridized carbons (Fsp3) is 0.958. The Morgan fingerprint density at radius 2 is 1.72 bits per heavy atom. The summed E-state index contributed by atoms with van der Waals surface area (Å²) < 4.78 is 12.7. The van der Waals surface area contributed by atoms with Crippen molar-refractivity contribution in [2.24, 2.45) is 34.3 Å². The summed E-state index contributed by atoms with van der Waals surface area (Å²) in [6, 6.07) is 0. The highest BCUT2D eigenvalue weighted by molar-refractivity contribution is 5.75. The Labute approximate surface area is 176 Å². The van der Waals surface area contributed by atoms with Crippen molar-refractivity contribution < 1.29 is 19.4 Å². The van der Waals surface area contributed by atoms with Crippen molar-refractivity contribution in [2.75, 3.05) is 0 Å². The second kappa shape index (κ2) is 6.20. The lowest BCUT2D eigenvalue weighted by molar-refractivity contribution is -0.171. The average molecular weight is 408 g/mol. The predicted molar refractivity (Wildman–Crippen MR) is 113 cm³/mol. The van der Waals surface area contributed by atoms with Crippen LogP contribution in [0.2, 0.25) is 0 Å². The molecule has 2 aliphatic heterocycles. The normalized spacial score (nSPS) is 52.2. The smallest absolute Gasteiger partial charge is 0.309 e. The second-order valence-electron chi connectivity index (χ2n) is 12.4. The van der Waals surface area contributed by atoms with E-state index in [1.165, 1.54) is 0 Å². The van der Waals surface area contributed by atoms with Gasteiger partial charge in [0.1, 0.15) is 17.3 Å². The van der Waals surface area contributed by atoms with Gasteiger partial charge in [0.2, 0.25) is 0 Å². The van der Waals surface area contributed by atoms with Gasteiger partial charge in [-0.15, -0.1) is 0 Å². The Morgan fingerprint density at radius 1 is 1.10 bits per heavy atom. The molecule has 2 saturated heterocycles. The van der Waals surface area contributed by atoms with Crippen LogP contribution in [0.1, 0.15) is 87.0 Å². The Kier molecular flexibility index (Phi) is 4.61. The first-order chi connectivity index (χ1) is 13.2. The molecule has 29 heavy (non-hydrogen) atoms. The summed E-state index contributed by atoms with van der Waals surface area (Å²) in [5.41, 5.74) is 4.81. The zero-order valence-corrected chi connectivity index (χ0v) is 19.4. The molecule has 5 fully saturated rings. The van der Waals surface area contributed by atoms with Crippen molar-refractivity contribution in [3.8, 4) is 0 Å². The molecule has 5 rings (SSSR count). The van der Waals surface area contributed by atoms with Gasteiger partial charge in [0.15, 0.2) is 0 Å². The number of carboxylic acid groups (broad SMARTS) is 1. The zero-order chi connectivity index (χ0) is 21.6. The number of fused-ring (bicyclic) bond motifs is 4. The highest BCUT2D eigenvalue weighted by atomic mass is 16.7. The maximum absolute atomic E-state index is 12.1. The van der Waals surface area contributed by atoms with E-state index in [4.69, 9.17) is 15.2 Å². The summed E-state index contributed by atoms with van der Waals surface area (Å²) >= 11 is 0. The molecule has 3 N–H and O–H groups in total. The first-order valence-electron chi connectivity index (χ1n) is 11.6. The molecule has 0 aromatic carbocycles. The van der Waals surface area contributed by atoms with E-state index in [1.807, 2.05) is 27.7 Å². The molecule has 8 unspecified atom stereocenters. The Balaban J connectivity index is 0.000000369. The molecular formula is C24H41NO4. The van der Waals surface area contributed by atoms with Crippen LogP contribution in [0.5, 0.6) is 0 Å². The van der Waals surface area contributed by atoms with Crippen LogP contribution in [0.15, 0.2) is 0 Å². The lowest BCUT2D eigenvalue weighted by atomic mass is 9.43. The molecule has 3 saturated carbocycles. The van der Waals surface area contributed by atoms with Gasteiger partial charge in [-0.25, -0.2) is 0 Å². The van der Waals surface area contributed by atoms with Crippen molar-refractivity contribution in [3.05, 3.63) is 0 Å². The largest absolute Gasteiger partial charge is 0.481 e. The van der Waals surface area contributed by atoms with Crippen LogP contribution in [0.25, 0.3) is 0 Å². The van der Waals surface area contributed by atoms with E-state index in [2.05, 4.69) is 20.8 Å². The molecule has 0 amide bonds. The fourth-order valence-corrected chi connectivity index (χ4v) is 7.62. The van der Waals surface area contributed by atoms with Gasteiger partial charge in [0.05, 0.1) is 11.5 Å². The quantitative estimate of drug-likeness (QED) is 0.664. The van der Waals surface area contributed by atoms with E-state index in [-0.39, 0.29) is 34.2 Å². The van der Waals surface area contributed by atoms with E-state index in [0.29, 0.717) is 17.9 Å². The van der Waals surface area contributed by atoms with Crippen LogP contribution in [0.3, 0.4) is 0 Å². The number of ether oxygens (including phenoxy) is 2. The predicted octanol–water partition coefficient (Wildman–Crippen LogP) is 4.37. The minimum atomic E-state index is -0.599.